The lowest BCUT2D eigenvalue weighted by molar-refractivity contribution is 0.320. The van der Waals surface area contributed by atoms with Crippen molar-refractivity contribution in [2.75, 3.05) is 0 Å². The second-order valence-corrected chi connectivity index (χ2v) is 9.88. The molecule has 1 saturated heterocycles. The lowest BCUT2D eigenvalue weighted by Crippen LogP contribution is -2.02. The molecule has 0 amide bonds. The van der Waals surface area contributed by atoms with Crippen LogP contribution in [0.15, 0.2) is 58.7 Å². The normalized spacial score (nSPS) is 19.4. The van der Waals surface area contributed by atoms with E-state index in [9.17, 15) is 0 Å². The fraction of sp³-hybridized carbons (Fsp3) is 0.655. The van der Waals surface area contributed by atoms with Gasteiger partial charge in [-0.15, -0.1) is 0 Å². The van der Waals surface area contributed by atoms with Crippen LogP contribution >= 0.6 is 0 Å². The van der Waals surface area contributed by atoms with Crippen molar-refractivity contribution in [1.82, 2.24) is 0 Å². The van der Waals surface area contributed by atoms with Crippen LogP contribution in [0.25, 0.3) is 0 Å². The monoisotopic (exact) mass is 412 g/mol. The van der Waals surface area contributed by atoms with Crippen molar-refractivity contribution in [2.24, 2.45) is 0 Å². The molecule has 0 aromatic carbocycles. The maximum absolute atomic E-state index is 5.67. The molecule has 30 heavy (non-hydrogen) atoms. The average Bonchev–Trinajstić information content (AvgIpc) is 3.29. The topological polar surface area (TPSA) is 12.5 Å². The summed E-state index contributed by atoms with van der Waals surface area (Å²) in [5.41, 5.74) is 6.11. The SMILES string of the molecule is CC(C)=CCC/C=C/CC/C(C)=C/CC/C=C(\C)CC/C=C(\C)CC[C@@H]1OC1(C)C. The minimum Gasteiger partial charge on any atom is -0.367 e. The number of ether oxygens (including phenoxy) is 1. The van der Waals surface area contributed by atoms with Gasteiger partial charge in [-0.05, 0) is 113 Å². The Hall–Kier alpha value is -1.34. The van der Waals surface area contributed by atoms with Crippen LogP contribution in [0.5, 0.6) is 0 Å². The molecule has 170 valence electrons. The van der Waals surface area contributed by atoms with Crippen LogP contribution in [0.4, 0.5) is 0 Å². The summed E-state index contributed by atoms with van der Waals surface area (Å²) in [6.45, 7) is 15.5. The highest BCUT2D eigenvalue weighted by Gasteiger charge is 2.46. The van der Waals surface area contributed by atoms with Gasteiger partial charge in [0.1, 0.15) is 0 Å². The Morgan fingerprint density at radius 2 is 1.10 bits per heavy atom. The molecular formula is C29H48O. The average molecular weight is 413 g/mol. The smallest absolute Gasteiger partial charge is 0.0892 e. The summed E-state index contributed by atoms with van der Waals surface area (Å²) in [6, 6.07) is 0. The van der Waals surface area contributed by atoms with E-state index in [1.807, 2.05) is 0 Å². The minimum absolute atomic E-state index is 0.133. The molecule has 0 bridgehead atoms. The third-order valence-electron chi connectivity index (χ3n) is 5.91. The first-order valence-corrected chi connectivity index (χ1v) is 12.1. The maximum atomic E-state index is 5.67. The first kappa shape index (κ1) is 26.7. The van der Waals surface area contributed by atoms with E-state index in [1.165, 1.54) is 80.1 Å². The van der Waals surface area contributed by atoms with Crippen LogP contribution in [0, 0.1) is 0 Å². The Kier molecular flexibility index (Phi) is 13.0. The molecule has 0 aromatic rings. The number of hydrogen-bond acceptors (Lipinski definition) is 1. The van der Waals surface area contributed by atoms with E-state index >= 15 is 0 Å². The molecular weight excluding hydrogens is 364 g/mol. The molecule has 1 atom stereocenters. The number of epoxide rings is 1. The van der Waals surface area contributed by atoms with E-state index in [0.29, 0.717) is 6.10 Å². The zero-order chi connectivity index (χ0) is 22.4. The fourth-order valence-electron chi connectivity index (χ4n) is 3.62. The number of rotatable bonds is 15. The molecule has 0 saturated carbocycles. The number of allylic oxidation sites excluding steroid dienone is 10. The van der Waals surface area contributed by atoms with Crippen LogP contribution in [-0.4, -0.2) is 11.7 Å². The second-order valence-electron chi connectivity index (χ2n) is 9.88. The standard InChI is InChI=1S/C29H48O/c1-24(2)16-11-9-8-10-12-17-25(3)18-13-14-19-26(4)20-15-21-27(5)22-23-28-29(6,7)30-28/h8,10,16,18-19,21,28H,9,11-15,17,20,22-23H2,1-7H3/b10-8+,25-18+,26-19+,27-21+/t28-/m0/s1. The third-order valence-corrected chi connectivity index (χ3v) is 5.91. The molecule has 0 radical (unpaired) electrons. The van der Waals surface area contributed by atoms with E-state index in [1.54, 1.807) is 0 Å². The minimum atomic E-state index is 0.133. The summed E-state index contributed by atoms with van der Waals surface area (Å²) in [5, 5.41) is 0. The summed E-state index contributed by atoms with van der Waals surface area (Å²) in [4.78, 5) is 0. The molecule has 1 heteroatoms. The van der Waals surface area contributed by atoms with Crippen LogP contribution < -0.4 is 0 Å². The Labute approximate surface area is 188 Å². The van der Waals surface area contributed by atoms with Gasteiger partial charge in [-0.3, -0.25) is 0 Å². The van der Waals surface area contributed by atoms with Crippen molar-refractivity contribution < 1.29 is 4.74 Å². The molecule has 0 aliphatic carbocycles. The highest BCUT2D eigenvalue weighted by Crippen LogP contribution is 2.38. The Bertz CT molecular complexity index is 635. The summed E-state index contributed by atoms with van der Waals surface area (Å²) in [6.07, 6.45) is 26.4. The molecule has 1 nitrogen and oxygen atoms in total. The molecule has 1 aliphatic heterocycles. The molecule has 0 spiro atoms. The first-order chi connectivity index (χ1) is 14.2. The summed E-state index contributed by atoms with van der Waals surface area (Å²) < 4.78 is 5.67. The zero-order valence-electron chi connectivity index (χ0n) is 21.0. The maximum Gasteiger partial charge on any atom is 0.0892 e. The van der Waals surface area contributed by atoms with Gasteiger partial charge in [0.05, 0.1) is 11.7 Å². The van der Waals surface area contributed by atoms with E-state index in [0.717, 1.165) is 6.42 Å². The molecule has 0 unspecified atom stereocenters. The molecule has 1 heterocycles. The number of hydrogen-bond donors (Lipinski definition) is 0. The van der Waals surface area contributed by atoms with Gasteiger partial charge in [0.2, 0.25) is 0 Å². The zero-order valence-corrected chi connectivity index (χ0v) is 21.0. The van der Waals surface area contributed by atoms with Crippen LogP contribution in [0.3, 0.4) is 0 Å². The van der Waals surface area contributed by atoms with Crippen LogP contribution in [0.1, 0.15) is 113 Å². The van der Waals surface area contributed by atoms with Crippen molar-refractivity contribution in [1.29, 1.82) is 0 Å². The largest absolute Gasteiger partial charge is 0.367 e. The van der Waals surface area contributed by atoms with Gasteiger partial charge in [0, 0.05) is 0 Å². The lowest BCUT2D eigenvalue weighted by atomic mass is 10.0. The van der Waals surface area contributed by atoms with E-state index in [2.05, 4.69) is 84.9 Å². The molecule has 0 N–H and O–H groups in total. The van der Waals surface area contributed by atoms with Gasteiger partial charge in [-0.1, -0.05) is 58.7 Å². The Morgan fingerprint density at radius 3 is 1.67 bits per heavy atom. The van der Waals surface area contributed by atoms with Gasteiger partial charge in [0.25, 0.3) is 0 Å². The van der Waals surface area contributed by atoms with Crippen LogP contribution in [-0.2, 0) is 4.74 Å². The molecule has 1 rings (SSSR count). The van der Waals surface area contributed by atoms with Crippen molar-refractivity contribution in [2.45, 2.75) is 124 Å². The quantitative estimate of drug-likeness (QED) is 0.148. The molecule has 0 aromatic heterocycles. The Balaban J connectivity index is 2.10. The van der Waals surface area contributed by atoms with E-state index < -0.39 is 0 Å². The lowest BCUT2D eigenvalue weighted by Gasteiger charge is -2.02. The highest BCUT2D eigenvalue weighted by atomic mass is 16.6. The third kappa shape index (κ3) is 13.8. The molecule has 1 aliphatic rings. The predicted octanol–water partition coefficient (Wildman–Crippen LogP) is 9.43. The van der Waals surface area contributed by atoms with Crippen molar-refractivity contribution in [3.05, 3.63) is 58.7 Å². The van der Waals surface area contributed by atoms with Crippen molar-refractivity contribution in [3.8, 4) is 0 Å². The van der Waals surface area contributed by atoms with Crippen molar-refractivity contribution >= 4 is 0 Å². The summed E-state index contributed by atoms with van der Waals surface area (Å²) in [5.74, 6) is 0. The van der Waals surface area contributed by atoms with Gasteiger partial charge >= 0.3 is 0 Å². The highest BCUT2D eigenvalue weighted by molar-refractivity contribution is 5.07. The van der Waals surface area contributed by atoms with Gasteiger partial charge in [0.15, 0.2) is 0 Å². The van der Waals surface area contributed by atoms with Gasteiger partial charge in [-0.25, -0.2) is 0 Å². The predicted molar refractivity (Wildman–Crippen MR) is 135 cm³/mol. The molecule has 1 fully saturated rings. The fourth-order valence-corrected chi connectivity index (χ4v) is 3.62. The summed E-state index contributed by atoms with van der Waals surface area (Å²) >= 11 is 0. The van der Waals surface area contributed by atoms with E-state index in [4.69, 9.17) is 4.74 Å². The summed E-state index contributed by atoms with van der Waals surface area (Å²) in [7, 11) is 0. The first-order valence-electron chi connectivity index (χ1n) is 12.1. The number of unbranched alkanes of at least 4 members (excludes halogenated alkanes) is 2. The Morgan fingerprint density at radius 1 is 0.633 bits per heavy atom. The van der Waals surface area contributed by atoms with Gasteiger partial charge < -0.3 is 4.74 Å². The second kappa shape index (κ2) is 14.6. The van der Waals surface area contributed by atoms with Crippen molar-refractivity contribution in [3.63, 3.8) is 0 Å². The van der Waals surface area contributed by atoms with Crippen LogP contribution in [0.2, 0.25) is 0 Å². The van der Waals surface area contributed by atoms with E-state index in [-0.39, 0.29) is 5.60 Å². The van der Waals surface area contributed by atoms with Gasteiger partial charge in [-0.2, -0.15) is 0 Å².